The van der Waals surface area contributed by atoms with Crippen LogP contribution in [0.4, 0.5) is 5.69 Å². The Morgan fingerprint density at radius 3 is 2.63 bits per heavy atom. The van der Waals surface area contributed by atoms with Crippen molar-refractivity contribution in [2.45, 2.75) is 27.2 Å². The molecule has 0 spiro atoms. The number of anilines is 1. The van der Waals surface area contributed by atoms with Crippen molar-refractivity contribution in [3.8, 4) is 11.4 Å². The van der Waals surface area contributed by atoms with Gasteiger partial charge in [-0.2, -0.15) is 0 Å². The van der Waals surface area contributed by atoms with Gasteiger partial charge in [0.25, 0.3) is 5.78 Å². The first kappa shape index (κ1) is 19.8. The van der Waals surface area contributed by atoms with Gasteiger partial charge in [0.1, 0.15) is 15.5 Å². The summed E-state index contributed by atoms with van der Waals surface area (Å²) in [6.07, 6.45) is 0.818. The number of fused-ring (bicyclic) bond motifs is 1. The first-order valence-electron chi connectivity index (χ1n) is 9.38. The number of ether oxygens (including phenoxy) is 1. The quantitative estimate of drug-likeness (QED) is 0.375. The maximum absolute atomic E-state index is 13.4. The lowest BCUT2D eigenvalue weighted by Crippen LogP contribution is -2.41. The Hall–Kier alpha value is -3.46. The molecule has 8 nitrogen and oxygen atoms in total. The van der Waals surface area contributed by atoms with Crippen molar-refractivity contribution in [1.29, 1.82) is 0 Å². The van der Waals surface area contributed by atoms with Crippen molar-refractivity contribution in [3.05, 3.63) is 62.1 Å². The normalized spacial score (nSPS) is 11.2. The number of nitrogens with one attached hydrogen (secondary N) is 1. The molecule has 1 aromatic carbocycles. The minimum atomic E-state index is -0.775. The molecule has 0 saturated heterocycles. The number of pyridine rings is 1. The zero-order valence-corrected chi connectivity index (χ0v) is 17.8. The van der Waals surface area contributed by atoms with Gasteiger partial charge in [0.2, 0.25) is 5.69 Å². The van der Waals surface area contributed by atoms with Crippen LogP contribution in [0.2, 0.25) is 0 Å². The molecule has 0 amide bonds. The fourth-order valence-electron chi connectivity index (χ4n) is 3.69. The third-order valence-corrected chi connectivity index (χ3v) is 6.31. The molecule has 9 heteroatoms. The second-order valence-electron chi connectivity index (χ2n) is 6.87. The van der Waals surface area contributed by atoms with Crippen molar-refractivity contribution in [2.24, 2.45) is 0 Å². The number of H-pyrrole nitrogens is 1. The van der Waals surface area contributed by atoms with E-state index in [0.717, 1.165) is 28.6 Å². The van der Waals surface area contributed by atoms with E-state index in [9.17, 15) is 9.59 Å². The molecule has 4 rings (SSSR count). The lowest BCUT2D eigenvalue weighted by Gasteiger charge is -2.08. The molecule has 3 heterocycles. The molecule has 0 atom stereocenters. The first-order chi connectivity index (χ1) is 14.4. The Kier molecular flexibility index (Phi) is 4.90. The first-order valence-corrected chi connectivity index (χ1v) is 10.2. The highest BCUT2D eigenvalue weighted by molar-refractivity contribution is 7.21. The summed E-state index contributed by atoms with van der Waals surface area (Å²) >= 11 is 1.18. The summed E-state index contributed by atoms with van der Waals surface area (Å²) in [5.74, 6) is 0.131. The van der Waals surface area contributed by atoms with Crippen LogP contribution in [-0.2, 0) is 6.42 Å². The summed E-state index contributed by atoms with van der Waals surface area (Å²) in [5.41, 5.74) is 9.36. The molecule has 0 aliphatic carbocycles. The van der Waals surface area contributed by atoms with E-state index in [0.29, 0.717) is 22.0 Å². The van der Waals surface area contributed by atoms with E-state index < -0.39 is 11.4 Å². The lowest BCUT2D eigenvalue weighted by molar-refractivity contribution is -0.672. The average molecular weight is 425 g/mol. The van der Waals surface area contributed by atoms with Gasteiger partial charge in [-0.15, -0.1) is 11.3 Å². The standard InChI is InChI=1S/C21H20N4O4S/c1-5-14-10(2)15-16(22)19(30-20(15)23-11(14)3)18(26)17-21(27)29-24-25(17)12-6-8-13(28-4)9-7-12/h6-9H,5H2,1-4H3,(H2-,22,24,26,27)/p+1. The molecule has 30 heavy (non-hydrogen) atoms. The molecular weight excluding hydrogens is 404 g/mol. The van der Waals surface area contributed by atoms with Crippen molar-refractivity contribution < 1.29 is 18.7 Å². The fourth-order valence-corrected chi connectivity index (χ4v) is 4.83. The number of benzene rings is 1. The van der Waals surface area contributed by atoms with Gasteiger partial charge >= 0.3 is 11.3 Å². The molecule has 0 saturated carbocycles. The highest BCUT2D eigenvalue weighted by atomic mass is 32.1. The number of nitrogens with two attached hydrogens (primary N) is 1. The van der Waals surface area contributed by atoms with Gasteiger partial charge in [-0.3, -0.25) is 9.32 Å². The predicted molar refractivity (Wildman–Crippen MR) is 114 cm³/mol. The minimum Gasteiger partial charge on any atom is -0.497 e. The summed E-state index contributed by atoms with van der Waals surface area (Å²) in [6, 6.07) is 6.85. The van der Waals surface area contributed by atoms with Gasteiger partial charge in [0, 0.05) is 23.2 Å². The van der Waals surface area contributed by atoms with E-state index >= 15 is 0 Å². The lowest BCUT2D eigenvalue weighted by atomic mass is 10.0. The number of rotatable bonds is 5. The smallest absolute Gasteiger partial charge is 0.439 e. The average Bonchev–Trinajstić information content (AvgIpc) is 3.28. The number of methoxy groups -OCH3 is 1. The molecule has 0 bridgehead atoms. The van der Waals surface area contributed by atoms with Crippen LogP contribution in [0.15, 0.2) is 33.6 Å². The summed E-state index contributed by atoms with van der Waals surface area (Å²) in [6.45, 7) is 5.98. The van der Waals surface area contributed by atoms with Crippen LogP contribution in [-0.4, -0.2) is 23.1 Å². The summed E-state index contributed by atoms with van der Waals surface area (Å²) in [4.78, 5) is 31.3. The number of nitrogens with zero attached hydrogens (tertiary/aromatic N) is 2. The zero-order valence-electron chi connectivity index (χ0n) is 17.0. The maximum Gasteiger partial charge on any atom is 0.439 e. The number of aryl methyl sites for hydroxylation is 2. The summed E-state index contributed by atoms with van der Waals surface area (Å²) in [7, 11) is 1.56. The van der Waals surface area contributed by atoms with Gasteiger partial charge in [-0.05, 0) is 53.5 Å². The third kappa shape index (κ3) is 2.98. The van der Waals surface area contributed by atoms with Crippen LogP contribution in [0.5, 0.6) is 5.75 Å². The SMILES string of the molecule is CCc1c(C)nc2sc(C(=O)c3c(=O)o[nH][n+]3-c3ccc(OC)cc3)c(N)c2c1C. The van der Waals surface area contributed by atoms with Crippen LogP contribution >= 0.6 is 11.3 Å². The van der Waals surface area contributed by atoms with Gasteiger partial charge in [-0.1, -0.05) is 6.92 Å². The number of aromatic amines is 1. The van der Waals surface area contributed by atoms with E-state index in [1.165, 1.54) is 16.0 Å². The molecule has 0 fully saturated rings. The molecule has 3 aromatic heterocycles. The Morgan fingerprint density at radius 2 is 2.00 bits per heavy atom. The Labute approximate surface area is 175 Å². The highest BCUT2D eigenvalue weighted by Crippen LogP contribution is 2.37. The van der Waals surface area contributed by atoms with Gasteiger partial charge in [0.15, 0.2) is 0 Å². The van der Waals surface area contributed by atoms with Crippen LogP contribution in [0.1, 0.15) is 39.1 Å². The topological polar surface area (TPSA) is 115 Å². The van der Waals surface area contributed by atoms with Gasteiger partial charge < -0.3 is 10.5 Å². The molecule has 0 unspecified atom stereocenters. The third-order valence-electron chi connectivity index (χ3n) is 5.21. The van der Waals surface area contributed by atoms with Gasteiger partial charge in [-0.25, -0.2) is 9.78 Å². The number of thiophene rings is 1. The summed E-state index contributed by atoms with van der Waals surface area (Å²) < 4.78 is 11.4. The van der Waals surface area contributed by atoms with E-state index in [4.69, 9.17) is 15.0 Å². The number of nitrogen functional groups attached to an aromatic ring is 1. The Morgan fingerprint density at radius 1 is 1.30 bits per heavy atom. The number of hydrogen-bond donors (Lipinski definition) is 2. The molecule has 0 radical (unpaired) electrons. The van der Waals surface area contributed by atoms with Crippen LogP contribution in [0.3, 0.4) is 0 Å². The highest BCUT2D eigenvalue weighted by Gasteiger charge is 2.35. The Balaban J connectivity index is 1.87. The molecule has 4 aromatic rings. The second-order valence-corrected chi connectivity index (χ2v) is 7.87. The van der Waals surface area contributed by atoms with E-state index in [-0.39, 0.29) is 10.6 Å². The monoisotopic (exact) mass is 425 g/mol. The van der Waals surface area contributed by atoms with Crippen LogP contribution in [0, 0.1) is 13.8 Å². The van der Waals surface area contributed by atoms with Gasteiger partial charge in [0.05, 0.1) is 12.8 Å². The van der Waals surface area contributed by atoms with E-state index in [2.05, 4.69) is 17.2 Å². The minimum absolute atomic E-state index is 0.163. The van der Waals surface area contributed by atoms with Crippen molar-refractivity contribution in [2.75, 3.05) is 12.8 Å². The van der Waals surface area contributed by atoms with E-state index in [1.807, 2.05) is 13.8 Å². The molecule has 0 aliphatic heterocycles. The number of ketones is 1. The number of hydrogen-bond acceptors (Lipinski definition) is 7. The Bertz CT molecular complexity index is 1330. The molecular formula is C21H21N4O4S+. The van der Waals surface area contributed by atoms with E-state index in [1.54, 1.807) is 31.4 Å². The zero-order chi connectivity index (χ0) is 21.6. The molecule has 0 aliphatic rings. The predicted octanol–water partition coefficient (Wildman–Crippen LogP) is 2.86. The molecule has 154 valence electrons. The number of aromatic nitrogens is 3. The number of carbonyl (C=O) groups is 1. The number of carbonyl (C=O) groups excluding carboxylic acids is 1. The largest absolute Gasteiger partial charge is 0.497 e. The summed E-state index contributed by atoms with van der Waals surface area (Å²) in [5, 5.41) is 3.25. The second kappa shape index (κ2) is 7.42. The van der Waals surface area contributed by atoms with Crippen LogP contribution in [0.25, 0.3) is 15.9 Å². The van der Waals surface area contributed by atoms with Crippen molar-refractivity contribution in [1.82, 2.24) is 10.3 Å². The van der Waals surface area contributed by atoms with Crippen molar-refractivity contribution in [3.63, 3.8) is 0 Å². The molecule has 3 N–H and O–H groups in total. The fraction of sp³-hybridized carbons (Fsp3) is 0.238. The maximum atomic E-state index is 13.4. The van der Waals surface area contributed by atoms with Crippen LogP contribution < -0.4 is 20.8 Å². The van der Waals surface area contributed by atoms with Crippen molar-refractivity contribution >= 4 is 33.0 Å².